The second-order valence-corrected chi connectivity index (χ2v) is 4.50. The van der Waals surface area contributed by atoms with Gasteiger partial charge < -0.3 is 16.0 Å². The van der Waals surface area contributed by atoms with E-state index in [1.807, 2.05) is 61.6 Å². The second kappa shape index (κ2) is 7.31. The Morgan fingerprint density at radius 3 is 2.10 bits per heavy atom. The van der Waals surface area contributed by atoms with Crippen LogP contribution in [0.15, 0.2) is 54.6 Å². The molecule has 0 heterocycles. The van der Waals surface area contributed by atoms with Gasteiger partial charge in [-0.05, 0) is 49.8 Å². The average molecular weight is 269 g/mol. The number of benzene rings is 2. The van der Waals surface area contributed by atoms with E-state index in [0.717, 1.165) is 24.3 Å². The molecule has 4 heteroatoms. The van der Waals surface area contributed by atoms with Gasteiger partial charge in [-0.25, -0.2) is 4.79 Å². The van der Waals surface area contributed by atoms with Crippen molar-refractivity contribution < 1.29 is 4.79 Å². The Morgan fingerprint density at radius 1 is 0.900 bits per heavy atom. The van der Waals surface area contributed by atoms with Crippen LogP contribution in [0.3, 0.4) is 0 Å². The Hall–Kier alpha value is -2.33. The molecule has 2 aromatic rings. The lowest BCUT2D eigenvalue weighted by molar-refractivity contribution is 0.262. The summed E-state index contributed by atoms with van der Waals surface area (Å²) in [6, 6.07) is 17.0. The number of carbonyl (C=O) groups is 1. The molecule has 0 radical (unpaired) electrons. The van der Waals surface area contributed by atoms with Crippen molar-refractivity contribution in [2.24, 2.45) is 0 Å². The molecule has 0 fully saturated rings. The molecule has 0 saturated carbocycles. The molecule has 2 amide bonds. The molecule has 4 nitrogen and oxygen atoms in total. The maximum absolute atomic E-state index is 11.8. The first-order valence-electron chi connectivity index (χ1n) is 6.64. The quantitative estimate of drug-likeness (QED) is 0.781. The van der Waals surface area contributed by atoms with Gasteiger partial charge in [-0.1, -0.05) is 30.3 Å². The molecule has 2 rings (SSSR count). The SMILES string of the molecule is CNCCc1ccc(NC(=O)Nc2ccccc2)cc1. The van der Waals surface area contributed by atoms with Crippen LogP contribution in [0.1, 0.15) is 5.56 Å². The third-order valence-electron chi connectivity index (χ3n) is 2.91. The van der Waals surface area contributed by atoms with Crippen LogP contribution < -0.4 is 16.0 Å². The molecule has 0 unspecified atom stereocenters. The maximum Gasteiger partial charge on any atom is 0.323 e. The van der Waals surface area contributed by atoms with Gasteiger partial charge in [-0.2, -0.15) is 0 Å². The fourth-order valence-electron chi connectivity index (χ4n) is 1.84. The molecule has 0 aliphatic rings. The lowest BCUT2D eigenvalue weighted by atomic mass is 10.1. The predicted molar refractivity (Wildman–Crippen MR) is 83.2 cm³/mol. The first-order chi connectivity index (χ1) is 9.78. The third kappa shape index (κ3) is 4.40. The minimum absolute atomic E-state index is 0.237. The van der Waals surface area contributed by atoms with E-state index in [-0.39, 0.29) is 6.03 Å². The summed E-state index contributed by atoms with van der Waals surface area (Å²) in [7, 11) is 1.93. The molecule has 0 saturated heterocycles. The summed E-state index contributed by atoms with van der Waals surface area (Å²) in [5, 5.41) is 8.70. The minimum atomic E-state index is -0.237. The normalized spacial score (nSPS) is 10.1. The number of carbonyl (C=O) groups excluding carboxylic acids is 1. The van der Waals surface area contributed by atoms with Crippen LogP contribution in [-0.4, -0.2) is 19.6 Å². The molecule has 20 heavy (non-hydrogen) atoms. The van der Waals surface area contributed by atoms with Crippen molar-refractivity contribution in [2.75, 3.05) is 24.2 Å². The largest absolute Gasteiger partial charge is 0.323 e. The summed E-state index contributed by atoms with van der Waals surface area (Å²) in [6.07, 6.45) is 0.979. The Bertz CT molecular complexity index is 537. The number of amides is 2. The lowest BCUT2D eigenvalue weighted by Crippen LogP contribution is -2.19. The van der Waals surface area contributed by atoms with Crippen LogP contribution in [-0.2, 0) is 6.42 Å². The van der Waals surface area contributed by atoms with Crippen LogP contribution in [0, 0.1) is 0 Å². The van der Waals surface area contributed by atoms with Crippen LogP contribution in [0.2, 0.25) is 0 Å². The zero-order valence-corrected chi connectivity index (χ0v) is 11.5. The highest BCUT2D eigenvalue weighted by Crippen LogP contribution is 2.11. The summed E-state index contributed by atoms with van der Waals surface area (Å²) >= 11 is 0. The minimum Gasteiger partial charge on any atom is -0.319 e. The molecule has 2 aromatic carbocycles. The van der Waals surface area contributed by atoms with Crippen molar-refractivity contribution in [3.63, 3.8) is 0 Å². The van der Waals surface area contributed by atoms with E-state index in [1.165, 1.54) is 5.56 Å². The van der Waals surface area contributed by atoms with E-state index in [4.69, 9.17) is 0 Å². The highest BCUT2D eigenvalue weighted by molar-refractivity contribution is 5.99. The van der Waals surface area contributed by atoms with Gasteiger partial charge >= 0.3 is 6.03 Å². The standard InChI is InChI=1S/C16H19N3O/c1-17-12-11-13-7-9-15(10-8-13)19-16(20)18-14-5-3-2-4-6-14/h2-10,17H,11-12H2,1H3,(H2,18,19,20). The smallest absolute Gasteiger partial charge is 0.319 e. The Labute approximate surface area is 119 Å². The van der Waals surface area contributed by atoms with Crippen molar-refractivity contribution in [1.82, 2.24) is 5.32 Å². The van der Waals surface area contributed by atoms with E-state index in [2.05, 4.69) is 16.0 Å². The van der Waals surface area contributed by atoms with E-state index >= 15 is 0 Å². The topological polar surface area (TPSA) is 53.2 Å². The number of anilines is 2. The van der Waals surface area contributed by atoms with E-state index < -0.39 is 0 Å². The predicted octanol–water partition coefficient (Wildman–Crippen LogP) is 3.09. The highest BCUT2D eigenvalue weighted by Gasteiger charge is 2.02. The maximum atomic E-state index is 11.8. The van der Waals surface area contributed by atoms with E-state index in [9.17, 15) is 4.79 Å². The summed E-state index contributed by atoms with van der Waals surface area (Å²) < 4.78 is 0. The van der Waals surface area contributed by atoms with Gasteiger partial charge in [0.05, 0.1) is 0 Å². The van der Waals surface area contributed by atoms with Crippen LogP contribution in [0.25, 0.3) is 0 Å². The molecular weight excluding hydrogens is 250 g/mol. The third-order valence-corrected chi connectivity index (χ3v) is 2.91. The zero-order chi connectivity index (χ0) is 14.2. The van der Waals surface area contributed by atoms with Gasteiger partial charge in [0.1, 0.15) is 0 Å². The molecule has 0 bridgehead atoms. The van der Waals surface area contributed by atoms with Crippen LogP contribution >= 0.6 is 0 Å². The monoisotopic (exact) mass is 269 g/mol. The fourth-order valence-corrected chi connectivity index (χ4v) is 1.84. The Morgan fingerprint density at radius 2 is 1.50 bits per heavy atom. The highest BCUT2D eigenvalue weighted by atomic mass is 16.2. The van der Waals surface area contributed by atoms with Crippen molar-refractivity contribution in [3.8, 4) is 0 Å². The second-order valence-electron chi connectivity index (χ2n) is 4.50. The van der Waals surface area contributed by atoms with Crippen molar-refractivity contribution in [2.45, 2.75) is 6.42 Å². The molecule has 0 spiro atoms. The van der Waals surface area contributed by atoms with Crippen molar-refractivity contribution in [3.05, 3.63) is 60.2 Å². The molecule has 0 aromatic heterocycles. The molecule has 0 aliphatic heterocycles. The van der Waals surface area contributed by atoms with Gasteiger partial charge in [-0.15, -0.1) is 0 Å². The van der Waals surface area contributed by atoms with Crippen LogP contribution in [0.4, 0.5) is 16.2 Å². The van der Waals surface area contributed by atoms with Gasteiger partial charge in [0.2, 0.25) is 0 Å². The molecule has 104 valence electrons. The first-order valence-corrected chi connectivity index (χ1v) is 6.64. The number of hydrogen-bond donors (Lipinski definition) is 3. The Kier molecular flexibility index (Phi) is 5.15. The van der Waals surface area contributed by atoms with Crippen molar-refractivity contribution in [1.29, 1.82) is 0 Å². The van der Waals surface area contributed by atoms with Gasteiger partial charge in [-0.3, -0.25) is 0 Å². The molecule has 0 aliphatic carbocycles. The summed E-state index contributed by atoms with van der Waals surface area (Å²) in [5.74, 6) is 0. The zero-order valence-electron chi connectivity index (χ0n) is 11.5. The molecule has 3 N–H and O–H groups in total. The summed E-state index contributed by atoms with van der Waals surface area (Å²) in [4.78, 5) is 11.8. The summed E-state index contributed by atoms with van der Waals surface area (Å²) in [6.45, 7) is 0.946. The number of urea groups is 1. The van der Waals surface area contributed by atoms with Gasteiger partial charge in [0, 0.05) is 11.4 Å². The van der Waals surface area contributed by atoms with Gasteiger partial charge in [0.15, 0.2) is 0 Å². The van der Waals surface area contributed by atoms with Crippen LogP contribution in [0.5, 0.6) is 0 Å². The Balaban J connectivity index is 1.88. The molecule has 0 atom stereocenters. The van der Waals surface area contributed by atoms with E-state index in [1.54, 1.807) is 0 Å². The number of rotatable bonds is 5. The van der Waals surface area contributed by atoms with Crippen molar-refractivity contribution >= 4 is 17.4 Å². The van der Waals surface area contributed by atoms with E-state index in [0.29, 0.717) is 0 Å². The molecular formula is C16H19N3O. The number of likely N-dealkylation sites (N-methyl/N-ethyl adjacent to an activating group) is 1. The summed E-state index contributed by atoms with van der Waals surface area (Å²) in [5.41, 5.74) is 2.80. The first kappa shape index (κ1) is 14.1. The fraction of sp³-hybridized carbons (Fsp3) is 0.188. The number of para-hydroxylation sites is 1. The number of nitrogens with one attached hydrogen (secondary N) is 3. The van der Waals surface area contributed by atoms with Gasteiger partial charge in [0.25, 0.3) is 0 Å². The number of hydrogen-bond acceptors (Lipinski definition) is 2. The lowest BCUT2D eigenvalue weighted by Gasteiger charge is -2.08. The average Bonchev–Trinajstić information content (AvgIpc) is 2.47.